The first-order valence-corrected chi connectivity index (χ1v) is 8.81. The summed E-state index contributed by atoms with van der Waals surface area (Å²) in [5.41, 5.74) is 1.01. The molecule has 3 unspecified atom stereocenters. The lowest BCUT2D eigenvalue weighted by molar-refractivity contribution is -0.115. The van der Waals surface area contributed by atoms with Gasteiger partial charge >= 0.3 is 0 Å². The Morgan fingerprint density at radius 3 is 2.45 bits per heavy atom. The molecule has 1 aromatic carbocycles. The first-order valence-electron chi connectivity index (χ1n) is 8.43. The van der Waals surface area contributed by atoms with E-state index >= 15 is 0 Å². The largest absolute Gasteiger partial charge is 0.391 e. The van der Waals surface area contributed by atoms with Crippen molar-refractivity contribution >= 4 is 11.6 Å². The monoisotopic (exact) mass is 322 g/mol. The first kappa shape index (κ1) is 16.3. The number of hydrazine groups is 1. The Kier molecular flexibility index (Phi) is 4.79. The van der Waals surface area contributed by atoms with E-state index in [2.05, 4.69) is 36.0 Å². The van der Waals surface area contributed by atoms with Crippen molar-refractivity contribution in [3.8, 4) is 0 Å². The number of benzene rings is 1. The van der Waals surface area contributed by atoms with Crippen molar-refractivity contribution in [2.24, 2.45) is 5.92 Å². The maximum atomic E-state index is 10.8. The van der Waals surface area contributed by atoms with Crippen molar-refractivity contribution < 1.29 is 5.11 Å². The molecule has 0 aliphatic carbocycles. The SMILES string of the molecule is CC1CCCN(N2CCC(C)(c3ccc(Cl)cc3)C(O)C2)C1. The molecule has 0 amide bonds. The standard InChI is InChI=1S/C18H27ClN2O/c1-14-4-3-10-20(12-14)21-11-9-18(2,17(22)13-21)15-5-7-16(19)8-6-15/h5-8,14,17,22H,3-4,9-13H2,1-2H3. The van der Waals surface area contributed by atoms with Crippen molar-refractivity contribution in [2.45, 2.75) is 44.6 Å². The van der Waals surface area contributed by atoms with Gasteiger partial charge in [-0.3, -0.25) is 0 Å². The fourth-order valence-electron chi connectivity index (χ4n) is 3.87. The van der Waals surface area contributed by atoms with Crippen molar-refractivity contribution in [3.05, 3.63) is 34.9 Å². The topological polar surface area (TPSA) is 26.7 Å². The van der Waals surface area contributed by atoms with Crippen LogP contribution in [-0.2, 0) is 5.41 Å². The molecule has 1 aromatic rings. The zero-order valence-electron chi connectivity index (χ0n) is 13.6. The normalized spacial score (nSPS) is 34.7. The highest BCUT2D eigenvalue weighted by Gasteiger charge is 2.41. The number of piperidine rings is 2. The quantitative estimate of drug-likeness (QED) is 0.905. The second kappa shape index (κ2) is 6.48. The molecule has 2 aliphatic heterocycles. The van der Waals surface area contributed by atoms with Gasteiger partial charge in [-0.1, -0.05) is 37.6 Å². The van der Waals surface area contributed by atoms with Gasteiger partial charge in [-0.05, 0) is 42.9 Å². The average molecular weight is 323 g/mol. The van der Waals surface area contributed by atoms with Crippen LogP contribution in [0.25, 0.3) is 0 Å². The average Bonchev–Trinajstić information content (AvgIpc) is 2.51. The van der Waals surface area contributed by atoms with Crippen LogP contribution < -0.4 is 0 Å². The minimum atomic E-state index is -0.348. The molecule has 0 spiro atoms. The Morgan fingerprint density at radius 1 is 1.14 bits per heavy atom. The Labute approximate surface area is 138 Å². The van der Waals surface area contributed by atoms with Gasteiger partial charge in [0.05, 0.1) is 6.10 Å². The molecule has 3 atom stereocenters. The van der Waals surface area contributed by atoms with E-state index in [0.29, 0.717) is 0 Å². The molecule has 2 fully saturated rings. The molecule has 4 heteroatoms. The summed E-state index contributed by atoms with van der Waals surface area (Å²) in [4.78, 5) is 0. The maximum Gasteiger partial charge on any atom is 0.0775 e. The van der Waals surface area contributed by atoms with Gasteiger partial charge in [-0.25, -0.2) is 10.0 Å². The van der Waals surface area contributed by atoms with E-state index in [1.54, 1.807) is 0 Å². The maximum absolute atomic E-state index is 10.8. The number of hydrogen-bond acceptors (Lipinski definition) is 3. The third-order valence-electron chi connectivity index (χ3n) is 5.55. The molecule has 122 valence electrons. The molecule has 2 heterocycles. The van der Waals surface area contributed by atoms with Gasteiger partial charge in [0.1, 0.15) is 0 Å². The smallest absolute Gasteiger partial charge is 0.0775 e. The van der Waals surface area contributed by atoms with E-state index in [9.17, 15) is 5.11 Å². The summed E-state index contributed by atoms with van der Waals surface area (Å²) in [5.74, 6) is 0.760. The molecule has 0 aromatic heterocycles. The Hall–Kier alpha value is -0.610. The summed E-state index contributed by atoms with van der Waals surface area (Å²) in [7, 11) is 0. The van der Waals surface area contributed by atoms with Crippen LogP contribution in [0, 0.1) is 5.92 Å². The number of halogens is 1. The lowest BCUT2D eigenvalue weighted by Crippen LogP contribution is -2.58. The van der Waals surface area contributed by atoms with Crippen LogP contribution in [0.2, 0.25) is 5.02 Å². The van der Waals surface area contributed by atoms with E-state index in [1.807, 2.05) is 12.1 Å². The predicted octanol–water partition coefficient (Wildman–Crippen LogP) is 3.31. The Morgan fingerprint density at radius 2 is 1.82 bits per heavy atom. The van der Waals surface area contributed by atoms with E-state index in [1.165, 1.54) is 18.4 Å². The Bertz CT molecular complexity index is 506. The number of aliphatic hydroxyl groups is 1. The molecule has 0 saturated carbocycles. The van der Waals surface area contributed by atoms with Crippen LogP contribution in [0.1, 0.15) is 38.7 Å². The second-order valence-electron chi connectivity index (χ2n) is 7.26. The van der Waals surface area contributed by atoms with Gasteiger partial charge in [0.15, 0.2) is 0 Å². The number of β-amino-alcohol motifs (C(OH)–C–C–N with tert-alkyl or cyclic N) is 1. The summed E-state index contributed by atoms with van der Waals surface area (Å²) >= 11 is 5.99. The zero-order valence-corrected chi connectivity index (χ0v) is 14.4. The highest BCUT2D eigenvalue weighted by atomic mass is 35.5. The molecule has 3 rings (SSSR count). The molecule has 0 radical (unpaired) electrons. The van der Waals surface area contributed by atoms with E-state index < -0.39 is 0 Å². The summed E-state index contributed by atoms with van der Waals surface area (Å²) in [6.45, 7) is 8.51. The van der Waals surface area contributed by atoms with Crippen LogP contribution in [0.4, 0.5) is 0 Å². The third kappa shape index (κ3) is 3.18. The molecule has 1 N–H and O–H groups in total. The number of rotatable bonds is 2. The van der Waals surface area contributed by atoms with Crippen LogP contribution in [0.3, 0.4) is 0 Å². The molecular formula is C18H27ClN2O. The van der Waals surface area contributed by atoms with E-state index in [0.717, 1.165) is 43.5 Å². The van der Waals surface area contributed by atoms with Crippen molar-refractivity contribution in [1.29, 1.82) is 0 Å². The molecule has 2 saturated heterocycles. The predicted molar refractivity (Wildman–Crippen MR) is 91.0 cm³/mol. The van der Waals surface area contributed by atoms with Gasteiger partial charge in [-0.2, -0.15) is 0 Å². The molecule has 3 nitrogen and oxygen atoms in total. The lowest BCUT2D eigenvalue weighted by atomic mass is 9.73. The Balaban J connectivity index is 1.70. The van der Waals surface area contributed by atoms with Crippen molar-refractivity contribution in [1.82, 2.24) is 10.0 Å². The molecule has 2 aliphatic rings. The zero-order chi connectivity index (χ0) is 15.7. The highest BCUT2D eigenvalue weighted by Crippen LogP contribution is 2.36. The van der Waals surface area contributed by atoms with Crippen LogP contribution in [0.5, 0.6) is 0 Å². The van der Waals surface area contributed by atoms with Crippen molar-refractivity contribution in [3.63, 3.8) is 0 Å². The minimum Gasteiger partial charge on any atom is -0.391 e. The first-order chi connectivity index (χ1) is 10.5. The summed E-state index contributed by atoms with van der Waals surface area (Å²) < 4.78 is 0. The number of nitrogens with zero attached hydrogens (tertiary/aromatic N) is 2. The third-order valence-corrected chi connectivity index (χ3v) is 5.80. The summed E-state index contributed by atoms with van der Waals surface area (Å²) in [6.07, 6.45) is 3.22. The van der Waals surface area contributed by atoms with Gasteiger partial charge < -0.3 is 5.11 Å². The second-order valence-corrected chi connectivity index (χ2v) is 7.70. The fourth-order valence-corrected chi connectivity index (χ4v) is 3.99. The van der Waals surface area contributed by atoms with Crippen LogP contribution >= 0.6 is 11.6 Å². The van der Waals surface area contributed by atoms with E-state index in [-0.39, 0.29) is 11.5 Å². The molecule has 0 bridgehead atoms. The number of aliphatic hydroxyl groups excluding tert-OH is 1. The van der Waals surface area contributed by atoms with E-state index in [4.69, 9.17) is 11.6 Å². The molecular weight excluding hydrogens is 296 g/mol. The summed E-state index contributed by atoms with van der Waals surface area (Å²) in [6, 6.07) is 7.97. The summed E-state index contributed by atoms with van der Waals surface area (Å²) in [5, 5.41) is 16.4. The van der Waals surface area contributed by atoms with Crippen molar-refractivity contribution in [2.75, 3.05) is 26.2 Å². The van der Waals surface area contributed by atoms with Gasteiger partial charge in [0.25, 0.3) is 0 Å². The van der Waals surface area contributed by atoms with Gasteiger partial charge in [0.2, 0.25) is 0 Å². The number of hydrogen-bond donors (Lipinski definition) is 1. The fraction of sp³-hybridized carbons (Fsp3) is 0.667. The van der Waals surface area contributed by atoms with Gasteiger partial charge in [-0.15, -0.1) is 0 Å². The highest BCUT2D eigenvalue weighted by molar-refractivity contribution is 6.30. The van der Waals surface area contributed by atoms with Crippen LogP contribution in [0.15, 0.2) is 24.3 Å². The minimum absolute atomic E-state index is 0.178. The van der Waals surface area contributed by atoms with Gasteiger partial charge in [0, 0.05) is 36.6 Å². The molecule has 22 heavy (non-hydrogen) atoms. The lowest BCUT2D eigenvalue weighted by Gasteiger charge is -2.49. The van der Waals surface area contributed by atoms with Crippen LogP contribution in [-0.4, -0.2) is 47.4 Å².